The van der Waals surface area contributed by atoms with Crippen molar-refractivity contribution in [2.75, 3.05) is 9.80 Å². The quantitative estimate of drug-likeness (QED) is 0.173. The highest BCUT2D eigenvalue weighted by atomic mass is 32.1. The van der Waals surface area contributed by atoms with E-state index in [9.17, 15) is 0 Å². The molecule has 8 aromatic carbocycles. The Morgan fingerprint density at radius 2 is 0.700 bits per heavy atom. The van der Waals surface area contributed by atoms with Gasteiger partial charge in [-0.25, -0.2) is 0 Å². The van der Waals surface area contributed by atoms with Gasteiger partial charge in [0.2, 0.25) is 0 Å². The summed E-state index contributed by atoms with van der Waals surface area (Å²) in [5.74, 6) is 0. The summed E-state index contributed by atoms with van der Waals surface area (Å²) in [4.78, 5) is 4.82. The molecule has 10 aromatic rings. The summed E-state index contributed by atoms with van der Waals surface area (Å²) in [5, 5.41) is 7.58. The average molecular weight is 675 g/mol. The molecule has 4 heteroatoms. The van der Waals surface area contributed by atoms with Crippen LogP contribution in [0.15, 0.2) is 182 Å². The molecule has 0 spiro atoms. The van der Waals surface area contributed by atoms with E-state index in [0.717, 1.165) is 34.1 Å². The van der Waals surface area contributed by atoms with Crippen molar-refractivity contribution >= 4 is 108 Å². The maximum absolute atomic E-state index is 2.46. The number of rotatable bonds is 6. The molecule has 0 unspecified atom stereocenters. The van der Waals surface area contributed by atoms with Gasteiger partial charge in [-0.05, 0) is 78.9 Å². The number of para-hydroxylation sites is 2. The normalized spacial score (nSPS) is 11.6. The van der Waals surface area contributed by atoms with Crippen LogP contribution in [0.25, 0.3) is 51.1 Å². The molecule has 50 heavy (non-hydrogen) atoms. The van der Waals surface area contributed by atoms with Crippen molar-refractivity contribution in [2.24, 2.45) is 0 Å². The van der Waals surface area contributed by atoms with Gasteiger partial charge in [0.1, 0.15) is 0 Å². The highest BCUT2D eigenvalue weighted by Gasteiger charge is 2.21. The van der Waals surface area contributed by atoms with Crippen molar-refractivity contribution in [3.05, 3.63) is 182 Å². The van der Waals surface area contributed by atoms with Gasteiger partial charge < -0.3 is 9.80 Å². The minimum atomic E-state index is 1.12. The van der Waals surface area contributed by atoms with Crippen LogP contribution in [0.4, 0.5) is 34.1 Å². The zero-order chi connectivity index (χ0) is 33.0. The number of benzene rings is 8. The molecular formula is C46H30N2S2. The van der Waals surface area contributed by atoms with E-state index >= 15 is 0 Å². The Hall–Kier alpha value is -5.94. The minimum absolute atomic E-state index is 1.12. The Bertz CT molecular complexity index is 2800. The molecule has 0 saturated heterocycles. The fourth-order valence-corrected chi connectivity index (χ4v) is 9.61. The van der Waals surface area contributed by atoms with Crippen LogP contribution < -0.4 is 9.80 Å². The predicted molar refractivity (Wildman–Crippen MR) is 219 cm³/mol. The first-order valence-corrected chi connectivity index (χ1v) is 18.5. The predicted octanol–water partition coefficient (Wildman–Crippen LogP) is 14.5. The first-order valence-electron chi connectivity index (χ1n) is 16.8. The van der Waals surface area contributed by atoms with Gasteiger partial charge in [-0.3, -0.25) is 0 Å². The van der Waals surface area contributed by atoms with E-state index in [1.54, 1.807) is 0 Å². The highest BCUT2D eigenvalue weighted by molar-refractivity contribution is 7.26. The molecule has 0 bridgehead atoms. The van der Waals surface area contributed by atoms with Gasteiger partial charge in [0.25, 0.3) is 0 Å². The Labute approximate surface area is 298 Å². The second-order valence-corrected chi connectivity index (χ2v) is 14.7. The van der Waals surface area contributed by atoms with E-state index in [0.29, 0.717) is 0 Å². The molecule has 10 rings (SSSR count). The minimum Gasteiger partial charge on any atom is -0.310 e. The van der Waals surface area contributed by atoms with Gasteiger partial charge in [0.05, 0.1) is 11.4 Å². The van der Waals surface area contributed by atoms with Crippen LogP contribution in [0.2, 0.25) is 0 Å². The van der Waals surface area contributed by atoms with E-state index < -0.39 is 0 Å². The molecule has 2 nitrogen and oxygen atoms in total. The summed E-state index contributed by atoms with van der Waals surface area (Å²) in [6, 6.07) is 66.2. The maximum atomic E-state index is 2.46. The fourth-order valence-electron chi connectivity index (χ4n) is 7.38. The molecule has 0 aliphatic heterocycles. The number of hydrogen-bond acceptors (Lipinski definition) is 4. The molecular weight excluding hydrogens is 645 g/mol. The largest absolute Gasteiger partial charge is 0.310 e. The lowest BCUT2D eigenvalue weighted by Crippen LogP contribution is -2.12. The number of hydrogen-bond donors (Lipinski definition) is 0. The van der Waals surface area contributed by atoms with Crippen LogP contribution in [-0.2, 0) is 0 Å². The van der Waals surface area contributed by atoms with Crippen molar-refractivity contribution in [3.63, 3.8) is 0 Å². The number of anilines is 6. The first-order chi connectivity index (χ1) is 24.8. The zero-order valence-electron chi connectivity index (χ0n) is 27.0. The van der Waals surface area contributed by atoms with Crippen LogP contribution in [0, 0.1) is 0 Å². The molecule has 0 radical (unpaired) electrons. The Kier molecular flexibility index (Phi) is 6.90. The third-order valence-corrected chi connectivity index (χ3v) is 11.9. The summed E-state index contributed by atoms with van der Waals surface area (Å²) in [6.45, 7) is 0. The Balaban J connectivity index is 1.23. The van der Waals surface area contributed by atoms with E-state index in [4.69, 9.17) is 0 Å². The molecule has 0 aliphatic carbocycles. The van der Waals surface area contributed by atoms with E-state index in [1.807, 2.05) is 22.7 Å². The Morgan fingerprint density at radius 1 is 0.260 bits per heavy atom. The van der Waals surface area contributed by atoms with Crippen molar-refractivity contribution < 1.29 is 0 Å². The molecule has 0 atom stereocenters. The summed E-state index contributed by atoms with van der Waals surface area (Å²) in [5.41, 5.74) is 6.81. The van der Waals surface area contributed by atoms with Crippen LogP contribution in [0.5, 0.6) is 0 Å². The third kappa shape index (κ3) is 4.76. The van der Waals surface area contributed by atoms with Gasteiger partial charge in [-0.15, -0.1) is 22.7 Å². The van der Waals surface area contributed by atoms with E-state index in [1.165, 1.54) is 51.1 Å². The van der Waals surface area contributed by atoms with Crippen molar-refractivity contribution in [1.82, 2.24) is 0 Å². The number of thiophene rings is 2. The second kappa shape index (κ2) is 11.9. The molecule has 0 fully saturated rings. The van der Waals surface area contributed by atoms with Crippen molar-refractivity contribution in [2.45, 2.75) is 0 Å². The fraction of sp³-hybridized carbons (Fsp3) is 0. The SMILES string of the molecule is c1ccc(N(c2ccccc2)c2cccc3c(N(c4ccc5c(c4)sc4ccccc45)c4ccc5sc6ccccc6c5c4)cccc23)cc1. The van der Waals surface area contributed by atoms with Gasteiger partial charge in [-0.2, -0.15) is 0 Å². The molecule has 236 valence electrons. The zero-order valence-corrected chi connectivity index (χ0v) is 28.7. The molecule has 2 heterocycles. The van der Waals surface area contributed by atoms with Gasteiger partial charge in [0, 0.05) is 73.9 Å². The summed E-state index contributed by atoms with van der Waals surface area (Å²) in [6.07, 6.45) is 0. The first kappa shape index (κ1) is 29.0. The van der Waals surface area contributed by atoms with E-state index in [-0.39, 0.29) is 0 Å². The molecule has 0 N–H and O–H groups in total. The molecule has 0 aliphatic rings. The Morgan fingerprint density at radius 3 is 1.34 bits per heavy atom. The molecule has 0 amide bonds. The average Bonchev–Trinajstić information content (AvgIpc) is 3.74. The standard InChI is InChI=1S/C46H30N2S2/c1-3-13-31(14-4-1)47(32-15-5-2-6-16-32)41-21-11-20-36-35(41)19-12-22-42(36)48(33-26-28-45-40(29-33)38-18-8-10-24-44(38)49-45)34-25-27-39-37-17-7-9-23-43(37)50-46(39)30-34/h1-30H. The highest BCUT2D eigenvalue weighted by Crippen LogP contribution is 2.47. The van der Waals surface area contributed by atoms with Gasteiger partial charge in [-0.1, -0.05) is 103 Å². The maximum Gasteiger partial charge on any atom is 0.0540 e. The van der Waals surface area contributed by atoms with Gasteiger partial charge in [0.15, 0.2) is 0 Å². The van der Waals surface area contributed by atoms with Gasteiger partial charge >= 0.3 is 0 Å². The van der Waals surface area contributed by atoms with Crippen LogP contribution in [0.3, 0.4) is 0 Å². The van der Waals surface area contributed by atoms with Crippen LogP contribution in [0.1, 0.15) is 0 Å². The smallest absolute Gasteiger partial charge is 0.0540 e. The third-order valence-electron chi connectivity index (χ3n) is 9.63. The van der Waals surface area contributed by atoms with E-state index in [2.05, 4.69) is 192 Å². The number of nitrogens with zero attached hydrogens (tertiary/aromatic N) is 2. The lowest BCUT2D eigenvalue weighted by Gasteiger charge is -2.30. The molecule has 0 saturated carbocycles. The van der Waals surface area contributed by atoms with Crippen molar-refractivity contribution in [1.29, 1.82) is 0 Å². The summed E-state index contributed by atoms with van der Waals surface area (Å²) >= 11 is 3.72. The van der Waals surface area contributed by atoms with Crippen LogP contribution >= 0.6 is 22.7 Å². The lowest BCUT2D eigenvalue weighted by atomic mass is 10.0. The summed E-state index contributed by atoms with van der Waals surface area (Å²) in [7, 11) is 0. The topological polar surface area (TPSA) is 6.48 Å². The summed E-state index contributed by atoms with van der Waals surface area (Å²) < 4.78 is 5.22. The second-order valence-electron chi connectivity index (χ2n) is 12.5. The monoisotopic (exact) mass is 674 g/mol. The lowest BCUT2D eigenvalue weighted by molar-refractivity contribution is 1.29. The molecule has 2 aromatic heterocycles. The van der Waals surface area contributed by atoms with Crippen molar-refractivity contribution in [3.8, 4) is 0 Å². The number of fused-ring (bicyclic) bond motifs is 7. The van der Waals surface area contributed by atoms with Crippen LogP contribution in [-0.4, -0.2) is 0 Å².